The van der Waals surface area contributed by atoms with Gasteiger partial charge in [0.05, 0.1) is 0 Å². The first-order valence-electron chi connectivity index (χ1n) is 5.44. The highest BCUT2D eigenvalue weighted by molar-refractivity contribution is 7.86. The quantitative estimate of drug-likeness (QED) is 0.669. The van der Waals surface area contributed by atoms with Crippen LogP contribution in [0.1, 0.15) is 33.6 Å². The van der Waals surface area contributed by atoms with Crippen molar-refractivity contribution in [2.45, 2.75) is 44.9 Å². The summed E-state index contributed by atoms with van der Waals surface area (Å²) in [4.78, 5) is 11.6. The molecule has 2 atom stereocenters. The lowest BCUT2D eigenvalue weighted by atomic mass is 10.2. The van der Waals surface area contributed by atoms with Crippen LogP contribution in [0.5, 0.6) is 0 Å². The molecule has 0 rings (SSSR count). The van der Waals surface area contributed by atoms with E-state index in [4.69, 9.17) is 5.73 Å². The lowest BCUT2D eigenvalue weighted by Crippen LogP contribution is -2.42. The summed E-state index contributed by atoms with van der Waals surface area (Å²) in [7, 11) is -1.15. The molecule has 0 saturated heterocycles. The van der Waals surface area contributed by atoms with Crippen molar-refractivity contribution in [3.05, 3.63) is 0 Å². The first-order valence-corrected chi connectivity index (χ1v) is 6.82. The van der Waals surface area contributed by atoms with Crippen molar-refractivity contribution < 1.29 is 9.00 Å². The molecule has 0 aromatic heterocycles. The number of hydrogen-bond acceptors (Lipinski definition) is 3. The molecule has 3 N–H and O–H groups in total. The van der Waals surface area contributed by atoms with Crippen LogP contribution in [0.4, 0.5) is 0 Å². The van der Waals surface area contributed by atoms with Crippen molar-refractivity contribution in [2.24, 2.45) is 5.73 Å². The summed E-state index contributed by atoms with van der Waals surface area (Å²) in [5, 5.41) is 2.42. The van der Waals surface area contributed by atoms with E-state index in [9.17, 15) is 9.00 Å². The van der Waals surface area contributed by atoms with Crippen molar-refractivity contribution in [1.82, 2.24) is 5.32 Å². The van der Waals surface area contributed by atoms with Crippen molar-refractivity contribution in [2.75, 3.05) is 12.3 Å². The van der Waals surface area contributed by atoms with E-state index in [1.807, 2.05) is 13.8 Å². The molecule has 0 aromatic carbocycles. The highest BCUT2D eigenvalue weighted by Crippen LogP contribution is 2.00. The van der Waals surface area contributed by atoms with Gasteiger partial charge in [-0.15, -0.1) is 0 Å². The monoisotopic (exact) mass is 234 g/mol. The molecule has 0 aliphatic carbocycles. The van der Waals surface area contributed by atoms with Crippen LogP contribution in [-0.2, 0) is 15.6 Å². The number of hydrogen-bond donors (Lipinski definition) is 2. The Morgan fingerprint density at radius 3 is 2.33 bits per heavy atom. The zero-order valence-electron chi connectivity index (χ0n) is 9.79. The molecule has 5 heteroatoms. The van der Waals surface area contributed by atoms with E-state index < -0.39 is 16.0 Å². The van der Waals surface area contributed by atoms with Crippen LogP contribution >= 0.6 is 0 Å². The van der Waals surface area contributed by atoms with Gasteiger partial charge >= 0.3 is 0 Å². The van der Waals surface area contributed by atoms with Crippen molar-refractivity contribution >= 4 is 16.7 Å². The third-order valence-corrected chi connectivity index (χ3v) is 4.06. The summed E-state index contributed by atoms with van der Waals surface area (Å²) in [5.74, 6) is 0.257. The molecule has 0 heterocycles. The Kier molecular flexibility index (Phi) is 7.60. The van der Waals surface area contributed by atoms with E-state index in [1.54, 1.807) is 6.92 Å². The Labute approximate surface area is 94.4 Å². The number of amides is 1. The normalized spacial score (nSPS) is 15.0. The Morgan fingerprint density at radius 2 is 1.93 bits per heavy atom. The van der Waals surface area contributed by atoms with Gasteiger partial charge in [0.15, 0.2) is 0 Å². The topological polar surface area (TPSA) is 72.2 Å². The van der Waals surface area contributed by atoms with Crippen LogP contribution in [0.15, 0.2) is 0 Å². The van der Waals surface area contributed by atoms with E-state index in [0.29, 0.717) is 12.3 Å². The summed E-state index contributed by atoms with van der Waals surface area (Å²) in [6.07, 6.45) is 1.80. The fourth-order valence-corrected chi connectivity index (χ4v) is 2.12. The second kappa shape index (κ2) is 7.82. The maximum atomic E-state index is 11.6. The van der Waals surface area contributed by atoms with Crippen LogP contribution in [0, 0.1) is 0 Å². The molecule has 0 fully saturated rings. The summed E-state index contributed by atoms with van der Waals surface area (Å²) < 4.78 is 11.5. The molecule has 2 unspecified atom stereocenters. The molecule has 0 aliphatic rings. The first-order chi connectivity index (χ1) is 7.06. The zero-order chi connectivity index (χ0) is 11.8. The van der Waals surface area contributed by atoms with E-state index in [2.05, 4.69) is 5.32 Å². The lowest BCUT2D eigenvalue weighted by molar-refractivity contribution is -0.121. The van der Waals surface area contributed by atoms with Crippen molar-refractivity contribution in [3.8, 4) is 0 Å². The molecule has 0 aromatic rings. The van der Waals surface area contributed by atoms with Gasteiger partial charge in [-0.2, -0.15) is 0 Å². The van der Waals surface area contributed by atoms with Gasteiger partial charge in [0.1, 0.15) is 5.25 Å². The minimum Gasteiger partial charge on any atom is -0.352 e. The van der Waals surface area contributed by atoms with Crippen LogP contribution in [0.2, 0.25) is 0 Å². The van der Waals surface area contributed by atoms with Crippen LogP contribution in [0.25, 0.3) is 0 Å². The van der Waals surface area contributed by atoms with Gasteiger partial charge in [-0.3, -0.25) is 9.00 Å². The average Bonchev–Trinajstić information content (AvgIpc) is 2.24. The fraction of sp³-hybridized carbons (Fsp3) is 0.900. The second-order valence-electron chi connectivity index (χ2n) is 3.54. The first kappa shape index (κ1) is 14.6. The third kappa shape index (κ3) is 5.28. The van der Waals surface area contributed by atoms with E-state index >= 15 is 0 Å². The Morgan fingerprint density at radius 1 is 1.40 bits per heavy atom. The number of nitrogens with two attached hydrogens (primary N) is 1. The number of nitrogens with one attached hydrogen (secondary N) is 1. The SMILES string of the molecule is CCC(CC)NC(=O)C(C)S(=O)CCN. The lowest BCUT2D eigenvalue weighted by Gasteiger charge is -2.17. The van der Waals surface area contributed by atoms with Crippen LogP contribution in [0.3, 0.4) is 0 Å². The summed E-state index contributed by atoms with van der Waals surface area (Å²) in [6.45, 7) is 6.09. The fourth-order valence-electron chi connectivity index (χ4n) is 1.22. The van der Waals surface area contributed by atoms with E-state index in [1.165, 1.54) is 0 Å². The minimum absolute atomic E-state index is 0.129. The smallest absolute Gasteiger partial charge is 0.235 e. The predicted octanol–water partition coefficient (Wildman–Crippen LogP) is 0.387. The van der Waals surface area contributed by atoms with Crippen molar-refractivity contribution in [3.63, 3.8) is 0 Å². The van der Waals surface area contributed by atoms with Gasteiger partial charge in [0, 0.05) is 29.1 Å². The molecule has 0 bridgehead atoms. The molecular formula is C10H22N2O2S. The largest absolute Gasteiger partial charge is 0.352 e. The molecule has 0 radical (unpaired) electrons. The predicted molar refractivity (Wildman–Crippen MR) is 64.0 cm³/mol. The van der Waals surface area contributed by atoms with Gasteiger partial charge in [-0.05, 0) is 19.8 Å². The molecule has 15 heavy (non-hydrogen) atoms. The number of carbonyl (C=O) groups is 1. The number of rotatable bonds is 7. The molecular weight excluding hydrogens is 212 g/mol. The molecule has 4 nitrogen and oxygen atoms in total. The summed E-state index contributed by atoms with van der Waals surface area (Å²) >= 11 is 0. The highest BCUT2D eigenvalue weighted by Gasteiger charge is 2.20. The Balaban J connectivity index is 4.14. The van der Waals surface area contributed by atoms with E-state index in [0.717, 1.165) is 12.8 Å². The molecule has 0 spiro atoms. The Hall–Kier alpha value is -0.420. The van der Waals surface area contributed by atoms with E-state index in [-0.39, 0.29) is 11.9 Å². The van der Waals surface area contributed by atoms with Gasteiger partial charge < -0.3 is 11.1 Å². The average molecular weight is 234 g/mol. The van der Waals surface area contributed by atoms with Gasteiger partial charge in [0.2, 0.25) is 5.91 Å². The molecule has 0 saturated carbocycles. The standard InChI is InChI=1S/C10H22N2O2S/c1-4-9(5-2)12-10(13)8(3)15(14)7-6-11/h8-9H,4-7,11H2,1-3H3,(H,12,13). The van der Waals surface area contributed by atoms with Crippen LogP contribution < -0.4 is 11.1 Å². The third-order valence-electron chi connectivity index (χ3n) is 2.41. The number of carbonyl (C=O) groups excluding carboxylic acids is 1. The van der Waals surface area contributed by atoms with Gasteiger partial charge in [-0.25, -0.2) is 0 Å². The summed E-state index contributed by atoms with van der Waals surface area (Å²) in [5.41, 5.74) is 5.30. The van der Waals surface area contributed by atoms with Crippen molar-refractivity contribution in [1.29, 1.82) is 0 Å². The van der Waals surface area contributed by atoms with Gasteiger partial charge in [0.25, 0.3) is 0 Å². The maximum absolute atomic E-state index is 11.6. The highest BCUT2D eigenvalue weighted by atomic mass is 32.2. The zero-order valence-corrected chi connectivity index (χ0v) is 10.6. The molecule has 1 amide bonds. The molecule has 90 valence electrons. The minimum atomic E-state index is -1.15. The Bertz CT molecular complexity index is 217. The second-order valence-corrected chi connectivity index (χ2v) is 5.41. The van der Waals surface area contributed by atoms with Gasteiger partial charge in [-0.1, -0.05) is 13.8 Å². The maximum Gasteiger partial charge on any atom is 0.235 e. The molecule has 0 aliphatic heterocycles. The van der Waals surface area contributed by atoms with Crippen LogP contribution in [-0.4, -0.2) is 33.7 Å². The summed E-state index contributed by atoms with van der Waals surface area (Å²) in [6, 6.07) is 0.190.